The van der Waals surface area contributed by atoms with E-state index in [9.17, 15) is 0 Å². The summed E-state index contributed by atoms with van der Waals surface area (Å²) in [5.74, 6) is 5.92. The Morgan fingerprint density at radius 3 is 2.67 bits per heavy atom. The van der Waals surface area contributed by atoms with Gasteiger partial charge in [-0.15, -0.1) is 0 Å². The van der Waals surface area contributed by atoms with Crippen LogP contribution in [0.4, 0.5) is 0 Å². The van der Waals surface area contributed by atoms with Crippen LogP contribution in [-0.2, 0) is 0 Å². The molecule has 4 heteroatoms. The highest BCUT2D eigenvalue weighted by Crippen LogP contribution is 2.29. The first-order chi connectivity index (χ1) is 7.15. The Labute approximate surface area is 105 Å². The predicted molar refractivity (Wildman–Crippen MR) is 66.9 cm³/mol. The van der Waals surface area contributed by atoms with Gasteiger partial charge in [0.15, 0.2) is 0 Å². The normalized spacial score (nSPS) is 9.60. The van der Waals surface area contributed by atoms with Crippen molar-refractivity contribution >= 4 is 34.8 Å². The summed E-state index contributed by atoms with van der Waals surface area (Å²) in [7, 11) is 1.88. The first-order valence-corrected chi connectivity index (χ1v) is 5.56. The summed E-state index contributed by atoms with van der Waals surface area (Å²) in [6, 6.07) is 3.31. The highest BCUT2D eigenvalue weighted by atomic mass is 35.5. The molecule has 1 nitrogen and oxygen atoms in total. The molecule has 1 aromatic carbocycles. The van der Waals surface area contributed by atoms with Crippen LogP contribution in [0.25, 0.3) is 0 Å². The number of hydrogen-bond acceptors (Lipinski definition) is 1. The minimum absolute atomic E-state index is 0.432. The summed E-state index contributed by atoms with van der Waals surface area (Å²) >= 11 is 17.7. The maximum Gasteiger partial charge on any atom is 0.0749 e. The lowest BCUT2D eigenvalue weighted by atomic mass is 10.2. The molecule has 0 aliphatic heterocycles. The third-order valence-electron chi connectivity index (χ3n) is 1.72. The summed E-state index contributed by atoms with van der Waals surface area (Å²) in [6.07, 6.45) is 0.761. The lowest BCUT2D eigenvalue weighted by Crippen LogP contribution is -2.05. The fourth-order valence-corrected chi connectivity index (χ4v) is 1.64. The van der Waals surface area contributed by atoms with Crippen LogP contribution in [0.15, 0.2) is 12.1 Å². The van der Waals surface area contributed by atoms with E-state index in [1.165, 1.54) is 0 Å². The van der Waals surface area contributed by atoms with E-state index in [2.05, 4.69) is 17.2 Å². The van der Waals surface area contributed by atoms with E-state index in [0.29, 0.717) is 20.6 Å². The van der Waals surface area contributed by atoms with Crippen LogP contribution in [0.2, 0.25) is 15.1 Å². The highest BCUT2D eigenvalue weighted by molar-refractivity contribution is 6.43. The molecule has 0 radical (unpaired) electrons. The van der Waals surface area contributed by atoms with Crippen LogP contribution >= 0.6 is 34.8 Å². The predicted octanol–water partition coefficient (Wildman–Crippen LogP) is 3.61. The largest absolute Gasteiger partial charge is 0.319 e. The average molecular weight is 263 g/mol. The Morgan fingerprint density at radius 1 is 1.27 bits per heavy atom. The molecular weight excluding hydrogens is 252 g/mol. The Hall–Kier alpha value is -0.390. The van der Waals surface area contributed by atoms with Gasteiger partial charge in [0, 0.05) is 23.6 Å². The SMILES string of the molecule is CNCCC#Cc1cc(Cl)cc(Cl)c1Cl. The van der Waals surface area contributed by atoms with E-state index >= 15 is 0 Å². The van der Waals surface area contributed by atoms with Crippen LogP contribution in [0.1, 0.15) is 12.0 Å². The molecule has 0 unspecified atom stereocenters. The second-order valence-electron chi connectivity index (χ2n) is 2.90. The average Bonchev–Trinajstić information content (AvgIpc) is 2.19. The molecule has 0 heterocycles. The standard InChI is InChI=1S/C11H10Cl3N/c1-15-5-3-2-4-8-6-9(12)7-10(13)11(8)14/h6-7,15H,3,5H2,1H3. The molecule has 0 bridgehead atoms. The quantitative estimate of drug-likeness (QED) is 0.488. The molecule has 15 heavy (non-hydrogen) atoms. The summed E-state index contributed by atoms with van der Waals surface area (Å²) in [6.45, 7) is 0.846. The summed E-state index contributed by atoms with van der Waals surface area (Å²) < 4.78 is 0. The van der Waals surface area contributed by atoms with Crippen molar-refractivity contribution in [2.24, 2.45) is 0 Å². The van der Waals surface area contributed by atoms with Crippen LogP contribution in [0, 0.1) is 11.8 Å². The molecule has 0 saturated heterocycles. The topological polar surface area (TPSA) is 12.0 Å². The third kappa shape index (κ3) is 3.93. The van der Waals surface area contributed by atoms with Gasteiger partial charge >= 0.3 is 0 Å². The summed E-state index contributed by atoms with van der Waals surface area (Å²) in [5.41, 5.74) is 0.672. The van der Waals surface area contributed by atoms with E-state index < -0.39 is 0 Å². The van der Waals surface area contributed by atoms with Gasteiger partial charge in [0.05, 0.1) is 10.0 Å². The van der Waals surface area contributed by atoms with Gasteiger partial charge < -0.3 is 5.32 Å². The lowest BCUT2D eigenvalue weighted by molar-refractivity contribution is 0.818. The first-order valence-electron chi connectivity index (χ1n) is 4.43. The van der Waals surface area contributed by atoms with E-state index in [1.54, 1.807) is 12.1 Å². The molecule has 0 amide bonds. The Balaban J connectivity index is 2.88. The van der Waals surface area contributed by atoms with Crippen molar-refractivity contribution in [3.05, 3.63) is 32.8 Å². The first kappa shape index (κ1) is 12.7. The molecule has 1 aromatic rings. The summed E-state index contributed by atoms with van der Waals surface area (Å²) in [4.78, 5) is 0. The minimum atomic E-state index is 0.432. The molecule has 0 atom stereocenters. The number of benzene rings is 1. The molecular formula is C11H10Cl3N. The second-order valence-corrected chi connectivity index (χ2v) is 4.13. The molecule has 0 saturated carbocycles. The van der Waals surface area contributed by atoms with E-state index in [-0.39, 0.29) is 0 Å². The van der Waals surface area contributed by atoms with Gasteiger partial charge in [0.25, 0.3) is 0 Å². The minimum Gasteiger partial charge on any atom is -0.319 e. The lowest BCUT2D eigenvalue weighted by Gasteiger charge is -1.99. The van der Waals surface area contributed by atoms with Crippen LogP contribution in [0.3, 0.4) is 0 Å². The zero-order valence-corrected chi connectivity index (χ0v) is 10.5. The number of nitrogens with one attached hydrogen (secondary N) is 1. The van der Waals surface area contributed by atoms with Crippen molar-refractivity contribution in [2.45, 2.75) is 6.42 Å². The monoisotopic (exact) mass is 261 g/mol. The van der Waals surface area contributed by atoms with Crippen molar-refractivity contribution in [3.8, 4) is 11.8 Å². The van der Waals surface area contributed by atoms with Crippen molar-refractivity contribution in [1.82, 2.24) is 5.32 Å². The molecule has 0 aliphatic carbocycles. The maximum absolute atomic E-state index is 5.97. The Morgan fingerprint density at radius 2 is 2.00 bits per heavy atom. The smallest absolute Gasteiger partial charge is 0.0749 e. The van der Waals surface area contributed by atoms with E-state index in [1.807, 2.05) is 7.05 Å². The van der Waals surface area contributed by atoms with Gasteiger partial charge in [-0.25, -0.2) is 0 Å². The van der Waals surface area contributed by atoms with Gasteiger partial charge in [-0.3, -0.25) is 0 Å². The molecule has 1 rings (SSSR count). The highest BCUT2D eigenvalue weighted by Gasteiger charge is 2.04. The van der Waals surface area contributed by atoms with Gasteiger partial charge in [-0.05, 0) is 19.2 Å². The molecule has 1 N–H and O–H groups in total. The molecule has 0 aromatic heterocycles. The van der Waals surface area contributed by atoms with Gasteiger partial charge in [-0.2, -0.15) is 0 Å². The van der Waals surface area contributed by atoms with E-state index in [4.69, 9.17) is 34.8 Å². The fourth-order valence-electron chi connectivity index (χ4n) is 0.992. The van der Waals surface area contributed by atoms with E-state index in [0.717, 1.165) is 13.0 Å². The van der Waals surface area contributed by atoms with Crippen LogP contribution < -0.4 is 5.32 Å². The van der Waals surface area contributed by atoms with Crippen LogP contribution in [-0.4, -0.2) is 13.6 Å². The molecule has 0 spiro atoms. The van der Waals surface area contributed by atoms with Crippen molar-refractivity contribution in [2.75, 3.05) is 13.6 Å². The maximum atomic E-state index is 5.97. The van der Waals surface area contributed by atoms with Crippen LogP contribution in [0.5, 0.6) is 0 Å². The molecule has 0 fully saturated rings. The Bertz CT molecular complexity index is 404. The van der Waals surface area contributed by atoms with Gasteiger partial charge in [-0.1, -0.05) is 46.6 Å². The number of hydrogen-bond donors (Lipinski definition) is 1. The van der Waals surface area contributed by atoms with Crippen molar-refractivity contribution in [1.29, 1.82) is 0 Å². The van der Waals surface area contributed by atoms with Crippen molar-refractivity contribution in [3.63, 3.8) is 0 Å². The van der Waals surface area contributed by atoms with Crippen molar-refractivity contribution < 1.29 is 0 Å². The fraction of sp³-hybridized carbons (Fsp3) is 0.273. The number of halogens is 3. The second kappa shape index (κ2) is 6.25. The number of rotatable bonds is 2. The molecule has 0 aliphatic rings. The van der Waals surface area contributed by atoms with Gasteiger partial charge in [0.2, 0.25) is 0 Å². The Kier molecular flexibility index (Phi) is 5.28. The zero-order valence-electron chi connectivity index (χ0n) is 8.20. The summed E-state index contributed by atoms with van der Waals surface area (Å²) in [5, 5.41) is 4.44. The molecule has 80 valence electrons. The zero-order chi connectivity index (χ0) is 11.3. The third-order valence-corrected chi connectivity index (χ3v) is 2.74. The van der Waals surface area contributed by atoms with Gasteiger partial charge in [0.1, 0.15) is 0 Å².